The minimum atomic E-state index is -0.0454. The number of hydrogen-bond acceptors (Lipinski definition) is 4. The Bertz CT molecular complexity index is 470. The minimum absolute atomic E-state index is 0.0454. The van der Waals surface area contributed by atoms with Gasteiger partial charge in [-0.2, -0.15) is 0 Å². The van der Waals surface area contributed by atoms with E-state index in [0.717, 1.165) is 23.0 Å². The van der Waals surface area contributed by atoms with Crippen LogP contribution >= 0.6 is 0 Å². The van der Waals surface area contributed by atoms with Crippen LogP contribution in [0.25, 0.3) is 0 Å². The Kier molecular flexibility index (Phi) is 3.45. The Morgan fingerprint density at radius 3 is 2.11 bits per heavy atom. The SMILES string of the molecule is CNc1nc(C(C)(C)C)nc(NC2(C)CCC2)c1C. The summed E-state index contributed by atoms with van der Waals surface area (Å²) >= 11 is 0. The van der Waals surface area contributed by atoms with Gasteiger partial charge in [-0.15, -0.1) is 0 Å². The molecule has 1 heterocycles. The summed E-state index contributed by atoms with van der Waals surface area (Å²) in [6, 6.07) is 0. The minimum Gasteiger partial charge on any atom is -0.373 e. The molecule has 0 bridgehead atoms. The molecule has 2 rings (SSSR count). The van der Waals surface area contributed by atoms with Crippen molar-refractivity contribution >= 4 is 11.6 Å². The molecule has 1 aliphatic carbocycles. The van der Waals surface area contributed by atoms with Crippen molar-refractivity contribution in [3.05, 3.63) is 11.4 Å². The second-order valence-corrected chi connectivity index (χ2v) is 6.91. The highest BCUT2D eigenvalue weighted by Crippen LogP contribution is 2.36. The summed E-state index contributed by atoms with van der Waals surface area (Å²) in [6.45, 7) is 10.8. The molecule has 19 heavy (non-hydrogen) atoms. The van der Waals surface area contributed by atoms with Crippen LogP contribution in [-0.2, 0) is 5.41 Å². The normalized spacial score (nSPS) is 17.8. The predicted octanol–water partition coefficient (Wildman–Crippen LogP) is 3.48. The number of nitrogens with one attached hydrogen (secondary N) is 2. The van der Waals surface area contributed by atoms with Gasteiger partial charge in [0.25, 0.3) is 0 Å². The van der Waals surface area contributed by atoms with E-state index in [-0.39, 0.29) is 11.0 Å². The van der Waals surface area contributed by atoms with Crippen LogP contribution < -0.4 is 10.6 Å². The van der Waals surface area contributed by atoms with E-state index in [0.29, 0.717) is 0 Å². The lowest BCUT2D eigenvalue weighted by Gasteiger charge is -2.40. The summed E-state index contributed by atoms with van der Waals surface area (Å²) in [6.07, 6.45) is 3.74. The number of anilines is 2. The summed E-state index contributed by atoms with van der Waals surface area (Å²) in [5.41, 5.74) is 1.26. The lowest BCUT2D eigenvalue weighted by Crippen LogP contribution is -2.42. The van der Waals surface area contributed by atoms with Gasteiger partial charge in [-0.1, -0.05) is 20.8 Å². The van der Waals surface area contributed by atoms with Crippen LogP contribution in [0.3, 0.4) is 0 Å². The van der Waals surface area contributed by atoms with Gasteiger partial charge in [-0.25, -0.2) is 9.97 Å². The summed E-state index contributed by atoms with van der Waals surface area (Å²) in [4.78, 5) is 9.39. The molecule has 4 heteroatoms. The number of nitrogens with zero attached hydrogens (tertiary/aromatic N) is 2. The third kappa shape index (κ3) is 2.82. The summed E-state index contributed by atoms with van der Waals surface area (Å²) in [5.74, 6) is 2.78. The lowest BCUT2D eigenvalue weighted by atomic mass is 9.78. The Labute approximate surface area is 116 Å². The largest absolute Gasteiger partial charge is 0.373 e. The third-order valence-corrected chi connectivity index (χ3v) is 3.93. The molecule has 1 aromatic rings. The van der Waals surface area contributed by atoms with E-state index < -0.39 is 0 Å². The summed E-state index contributed by atoms with van der Waals surface area (Å²) in [5, 5.41) is 6.80. The molecule has 1 fully saturated rings. The molecule has 1 aliphatic rings. The van der Waals surface area contributed by atoms with E-state index in [1.54, 1.807) is 0 Å². The fourth-order valence-corrected chi connectivity index (χ4v) is 2.34. The van der Waals surface area contributed by atoms with Crippen LogP contribution in [0.1, 0.15) is 58.3 Å². The number of hydrogen-bond donors (Lipinski definition) is 2. The Morgan fingerprint density at radius 2 is 1.68 bits per heavy atom. The molecule has 0 radical (unpaired) electrons. The highest BCUT2D eigenvalue weighted by atomic mass is 15.1. The highest BCUT2D eigenvalue weighted by molar-refractivity contribution is 5.58. The zero-order chi connectivity index (χ0) is 14.3. The Balaban J connectivity index is 2.40. The number of aromatic nitrogens is 2. The van der Waals surface area contributed by atoms with Gasteiger partial charge >= 0.3 is 0 Å². The lowest BCUT2D eigenvalue weighted by molar-refractivity contribution is 0.305. The smallest absolute Gasteiger partial charge is 0.138 e. The molecule has 0 unspecified atom stereocenters. The van der Waals surface area contributed by atoms with Crippen molar-refractivity contribution in [2.24, 2.45) is 0 Å². The maximum atomic E-state index is 4.76. The maximum Gasteiger partial charge on any atom is 0.138 e. The molecule has 106 valence electrons. The van der Waals surface area contributed by atoms with Gasteiger partial charge in [-0.3, -0.25) is 0 Å². The van der Waals surface area contributed by atoms with E-state index in [1.165, 1.54) is 19.3 Å². The zero-order valence-corrected chi connectivity index (χ0v) is 13.0. The molecule has 0 aliphatic heterocycles. The first kappa shape index (κ1) is 14.1. The molecule has 2 N–H and O–H groups in total. The monoisotopic (exact) mass is 262 g/mol. The first-order valence-electron chi connectivity index (χ1n) is 7.10. The van der Waals surface area contributed by atoms with Gasteiger partial charge in [0.15, 0.2) is 0 Å². The Morgan fingerprint density at radius 1 is 1.11 bits per heavy atom. The average Bonchev–Trinajstić information content (AvgIpc) is 2.28. The maximum absolute atomic E-state index is 4.76. The fourth-order valence-electron chi connectivity index (χ4n) is 2.34. The second-order valence-electron chi connectivity index (χ2n) is 6.91. The van der Waals surface area contributed by atoms with Crippen molar-refractivity contribution in [1.82, 2.24) is 9.97 Å². The van der Waals surface area contributed by atoms with Gasteiger partial charge < -0.3 is 10.6 Å². The molecule has 0 aromatic carbocycles. The van der Waals surface area contributed by atoms with Crippen LogP contribution in [0.15, 0.2) is 0 Å². The van der Waals surface area contributed by atoms with Gasteiger partial charge in [0.1, 0.15) is 17.5 Å². The van der Waals surface area contributed by atoms with Crippen LogP contribution in [0.4, 0.5) is 11.6 Å². The van der Waals surface area contributed by atoms with Crippen LogP contribution in [0.2, 0.25) is 0 Å². The Hall–Kier alpha value is -1.32. The van der Waals surface area contributed by atoms with Crippen molar-refractivity contribution in [2.75, 3.05) is 17.7 Å². The van der Waals surface area contributed by atoms with E-state index in [9.17, 15) is 0 Å². The van der Waals surface area contributed by atoms with E-state index in [4.69, 9.17) is 4.98 Å². The topological polar surface area (TPSA) is 49.8 Å². The molecule has 4 nitrogen and oxygen atoms in total. The molecule has 0 spiro atoms. The van der Waals surface area contributed by atoms with E-state index in [2.05, 4.69) is 50.2 Å². The van der Waals surface area contributed by atoms with Crippen molar-refractivity contribution in [2.45, 2.75) is 64.8 Å². The molecule has 0 amide bonds. The van der Waals surface area contributed by atoms with E-state index >= 15 is 0 Å². The average molecular weight is 262 g/mol. The first-order chi connectivity index (χ1) is 8.75. The highest BCUT2D eigenvalue weighted by Gasteiger charge is 2.33. The number of rotatable bonds is 3. The third-order valence-electron chi connectivity index (χ3n) is 3.93. The van der Waals surface area contributed by atoms with Crippen LogP contribution in [-0.4, -0.2) is 22.6 Å². The van der Waals surface area contributed by atoms with Crippen LogP contribution in [0.5, 0.6) is 0 Å². The van der Waals surface area contributed by atoms with Gasteiger partial charge in [0.05, 0.1) is 0 Å². The van der Waals surface area contributed by atoms with Crippen molar-refractivity contribution < 1.29 is 0 Å². The molecular weight excluding hydrogens is 236 g/mol. The zero-order valence-electron chi connectivity index (χ0n) is 13.0. The quantitative estimate of drug-likeness (QED) is 0.875. The van der Waals surface area contributed by atoms with E-state index in [1.807, 2.05) is 7.05 Å². The molecule has 1 aromatic heterocycles. The van der Waals surface area contributed by atoms with Gasteiger partial charge in [-0.05, 0) is 33.1 Å². The van der Waals surface area contributed by atoms with Gasteiger partial charge in [0, 0.05) is 23.6 Å². The molecule has 1 saturated carbocycles. The summed E-state index contributed by atoms with van der Waals surface area (Å²) in [7, 11) is 1.91. The summed E-state index contributed by atoms with van der Waals surface area (Å²) < 4.78 is 0. The first-order valence-corrected chi connectivity index (χ1v) is 7.10. The standard InChI is InChI=1S/C15H26N4/c1-10-11(16-6)17-13(14(2,3)4)18-12(10)19-15(5)8-7-9-15/h7-9H2,1-6H3,(H2,16,17,18,19). The van der Waals surface area contributed by atoms with Crippen molar-refractivity contribution in [3.63, 3.8) is 0 Å². The molecular formula is C15H26N4. The predicted molar refractivity (Wildman–Crippen MR) is 80.9 cm³/mol. The molecule has 0 atom stereocenters. The van der Waals surface area contributed by atoms with Gasteiger partial charge in [0.2, 0.25) is 0 Å². The fraction of sp³-hybridized carbons (Fsp3) is 0.733. The van der Waals surface area contributed by atoms with Crippen molar-refractivity contribution in [1.29, 1.82) is 0 Å². The molecule has 0 saturated heterocycles. The van der Waals surface area contributed by atoms with Crippen molar-refractivity contribution in [3.8, 4) is 0 Å². The second kappa shape index (κ2) is 4.66. The van der Waals surface area contributed by atoms with Crippen LogP contribution in [0, 0.1) is 6.92 Å².